The lowest BCUT2D eigenvalue weighted by atomic mass is 9.91. The Balaban J connectivity index is 1.85. The minimum Gasteiger partial charge on any atom is -0.493 e. The molecule has 3 aromatic carbocycles. The summed E-state index contributed by atoms with van der Waals surface area (Å²) in [5.74, 6) is 2.84. The van der Waals surface area contributed by atoms with Crippen LogP contribution in [0.1, 0.15) is 29.7 Å². The molecule has 0 amide bonds. The zero-order valence-corrected chi connectivity index (χ0v) is 21.3. The van der Waals surface area contributed by atoms with Crippen LogP contribution >= 0.6 is 0 Å². The van der Waals surface area contributed by atoms with Crippen molar-refractivity contribution in [2.75, 3.05) is 42.0 Å². The van der Waals surface area contributed by atoms with Crippen LogP contribution in [0.15, 0.2) is 48.5 Å². The van der Waals surface area contributed by atoms with Crippen molar-refractivity contribution in [1.82, 2.24) is 0 Å². The molecule has 8 heteroatoms. The molecule has 3 aromatic rings. The largest absolute Gasteiger partial charge is 0.493 e. The molecule has 0 saturated carbocycles. The zero-order valence-electron chi connectivity index (χ0n) is 21.3. The molecule has 0 spiro atoms. The Morgan fingerprint density at radius 2 is 1.56 bits per heavy atom. The number of ether oxygens (including phenoxy) is 8. The summed E-state index contributed by atoms with van der Waals surface area (Å²) in [6, 6.07) is 15.8. The Labute approximate surface area is 211 Å². The molecule has 0 fully saturated rings. The van der Waals surface area contributed by atoms with Gasteiger partial charge in [-0.15, -0.1) is 0 Å². The van der Waals surface area contributed by atoms with Crippen LogP contribution in [-0.2, 0) is 27.4 Å². The summed E-state index contributed by atoms with van der Waals surface area (Å²) in [7, 11) is 6.35. The lowest BCUT2D eigenvalue weighted by molar-refractivity contribution is -0.0390. The van der Waals surface area contributed by atoms with Gasteiger partial charge in [-0.2, -0.15) is 0 Å². The van der Waals surface area contributed by atoms with E-state index in [1.165, 1.54) is 0 Å². The third-order valence-corrected chi connectivity index (χ3v) is 5.97. The van der Waals surface area contributed by atoms with E-state index in [9.17, 15) is 0 Å². The van der Waals surface area contributed by atoms with Crippen LogP contribution in [0.5, 0.6) is 28.7 Å². The van der Waals surface area contributed by atoms with E-state index in [-0.39, 0.29) is 26.3 Å². The third kappa shape index (κ3) is 5.36. The molecule has 4 rings (SSSR count). The van der Waals surface area contributed by atoms with Crippen molar-refractivity contribution in [3.8, 4) is 39.9 Å². The van der Waals surface area contributed by atoms with Gasteiger partial charge in [-0.3, -0.25) is 0 Å². The SMILES string of the molecule is COCOCc1cc(OC)c(OC)c(OC)c1-c1cc2c(cc1[C@@H](C)OCc1ccccc1)OCO2. The first kappa shape index (κ1) is 25.6. The fourth-order valence-electron chi connectivity index (χ4n) is 4.25. The van der Waals surface area contributed by atoms with Crippen LogP contribution in [0.2, 0.25) is 0 Å². The van der Waals surface area contributed by atoms with Gasteiger partial charge in [0.1, 0.15) is 6.79 Å². The first-order valence-electron chi connectivity index (χ1n) is 11.6. The summed E-state index contributed by atoms with van der Waals surface area (Å²) < 4.78 is 45.7. The molecule has 192 valence electrons. The minimum atomic E-state index is -0.278. The number of hydrogen-bond donors (Lipinski definition) is 0. The Kier molecular flexibility index (Phi) is 8.53. The summed E-state index contributed by atoms with van der Waals surface area (Å²) >= 11 is 0. The van der Waals surface area contributed by atoms with Gasteiger partial charge in [0.25, 0.3) is 0 Å². The molecule has 0 aromatic heterocycles. The van der Waals surface area contributed by atoms with E-state index >= 15 is 0 Å². The Bertz CT molecular complexity index is 1160. The molecule has 0 aliphatic carbocycles. The van der Waals surface area contributed by atoms with Gasteiger partial charge >= 0.3 is 0 Å². The van der Waals surface area contributed by atoms with Crippen molar-refractivity contribution in [1.29, 1.82) is 0 Å². The standard InChI is InChI=1S/C28H32O8/c1-18(34-14-19-9-7-6-8-10-19)21-12-23-24(36-17-35-23)13-22(21)26-20(15-33-16-29-2)11-25(30-3)27(31-4)28(26)32-5/h6-13,18H,14-17H2,1-5H3/t18-/m1/s1. The highest BCUT2D eigenvalue weighted by Gasteiger charge is 2.28. The van der Waals surface area contributed by atoms with E-state index in [1.807, 2.05) is 55.5 Å². The highest BCUT2D eigenvalue weighted by molar-refractivity contribution is 5.83. The monoisotopic (exact) mass is 496 g/mol. The highest BCUT2D eigenvalue weighted by atomic mass is 16.7. The van der Waals surface area contributed by atoms with Crippen molar-refractivity contribution in [3.05, 3.63) is 65.2 Å². The van der Waals surface area contributed by atoms with Crippen molar-refractivity contribution in [3.63, 3.8) is 0 Å². The van der Waals surface area contributed by atoms with Gasteiger partial charge in [-0.25, -0.2) is 0 Å². The molecule has 0 N–H and O–H groups in total. The quantitative estimate of drug-likeness (QED) is 0.240. The van der Waals surface area contributed by atoms with Gasteiger partial charge in [0, 0.05) is 12.7 Å². The summed E-state index contributed by atoms with van der Waals surface area (Å²) in [4.78, 5) is 0. The fourth-order valence-corrected chi connectivity index (χ4v) is 4.25. The molecule has 36 heavy (non-hydrogen) atoms. The van der Waals surface area contributed by atoms with Gasteiger partial charge in [0.2, 0.25) is 12.5 Å². The normalized spacial score (nSPS) is 12.9. The zero-order chi connectivity index (χ0) is 25.5. The molecule has 1 heterocycles. The van der Waals surface area contributed by atoms with Gasteiger partial charge in [-0.05, 0) is 47.4 Å². The Morgan fingerprint density at radius 1 is 0.833 bits per heavy atom. The number of fused-ring (bicyclic) bond motifs is 1. The molecule has 0 bridgehead atoms. The smallest absolute Gasteiger partial charge is 0.231 e. The average Bonchev–Trinajstić information content (AvgIpc) is 3.38. The lowest BCUT2D eigenvalue weighted by Crippen LogP contribution is -2.07. The summed E-state index contributed by atoms with van der Waals surface area (Å²) in [6.45, 7) is 3.03. The first-order chi connectivity index (χ1) is 17.6. The lowest BCUT2D eigenvalue weighted by Gasteiger charge is -2.24. The maximum Gasteiger partial charge on any atom is 0.231 e. The molecule has 0 saturated heterocycles. The maximum atomic E-state index is 6.31. The Hall–Kier alpha value is -3.46. The van der Waals surface area contributed by atoms with E-state index in [2.05, 4.69) is 0 Å². The van der Waals surface area contributed by atoms with Crippen LogP contribution in [0.4, 0.5) is 0 Å². The van der Waals surface area contributed by atoms with Crippen molar-refractivity contribution in [2.24, 2.45) is 0 Å². The van der Waals surface area contributed by atoms with Crippen LogP contribution in [0, 0.1) is 0 Å². The predicted molar refractivity (Wildman–Crippen MR) is 134 cm³/mol. The second-order valence-corrected chi connectivity index (χ2v) is 8.17. The van der Waals surface area contributed by atoms with E-state index in [0.29, 0.717) is 35.4 Å². The molecular formula is C28H32O8. The van der Waals surface area contributed by atoms with Crippen molar-refractivity contribution in [2.45, 2.75) is 26.2 Å². The van der Waals surface area contributed by atoms with Gasteiger partial charge in [-0.1, -0.05) is 30.3 Å². The Morgan fingerprint density at radius 3 is 2.22 bits per heavy atom. The first-order valence-corrected chi connectivity index (χ1v) is 11.6. The molecule has 0 unspecified atom stereocenters. The summed E-state index contributed by atoms with van der Waals surface area (Å²) in [5, 5.41) is 0. The topological polar surface area (TPSA) is 73.8 Å². The highest BCUT2D eigenvalue weighted by Crippen LogP contribution is 2.51. The third-order valence-electron chi connectivity index (χ3n) is 5.97. The molecule has 1 aliphatic rings. The van der Waals surface area contributed by atoms with Gasteiger partial charge < -0.3 is 37.9 Å². The van der Waals surface area contributed by atoms with Gasteiger partial charge in [0.15, 0.2) is 23.0 Å². The predicted octanol–water partition coefficient (Wildman–Crippen LogP) is 5.51. The summed E-state index contributed by atoms with van der Waals surface area (Å²) in [6.07, 6.45) is -0.278. The van der Waals surface area contributed by atoms with E-state index in [0.717, 1.165) is 27.8 Å². The van der Waals surface area contributed by atoms with Crippen LogP contribution in [0.25, 0.3) is 11.1 Å². The molecule has 1 atom stereocenters. The molecule has 1 aliphatic heterocycles. The number of rotatable bonds is 12. The van der Waals surface area contributed by atoms with Crippen molar-refractivity contribution < 1.29 is 37.9 Å². The van der Waals surface area contributed by atoms with Crippen LogP contribution in [0.3, 0.4) is 0 Å². The summed E-state index contributed by atoms with van der Waals surface area (Å²) in [5.41, 5.74) is 4.47. The van der Waals surface area contributed by atoms with Crippen LogP contribution < -0.4 is 23.7 Å². The van der Waals surface area contributed by atoms with E-state index < -0.39 is 0 Å². The number of hydrogen-bond acceptors (Lipinski definition) is 8. The second kappa shape index (κ2) is 12.0. The molecular weight excluding hydrogens is 464 g/mol. The number of benzene rings is 3. The average molecular weight is 497 g/mol. The van der Waals surface area contributed by atoms with Crippen molar-refractivity contribution >= 4 is 0 Å². The maximum absolute atomic E-state index is 6.31. The molecule has 8 nitrogen and oxygen atoms in total. The fraction of sp³-hybridized carbons (Fsp3) is 0.357. The van der Waals surface area contributed by atoms with E-state index in [1.54, 1.807) is 28.4 Å². The minimum absolute atomic E-state index is 0.140. The van der Waals surface area contributed by atoms with Gasteiger partial charge in [0.05, 0.1) is 40.6 Å². The second-order valence-electron chi connectivity index (χ2n) is 8.17. The number of methoxy groups -OCH3 is 4. The molecule has 0 radical (unpaired) electrons. The van der Waals surface area contributed by atoms with E-state index in [4.69, 9.17) is 37.9 Å². The van der Waals surface area contributed by atoms with Crippen LogP contribution in [-0.4, -0.2) is 42.0 Å².